The van der Waals surface area contributed by atoms with Crippen LogP contribution in [0.2, 0.25) is 0 Å². The predicted octanol–water partition coefficient (Wildman–Crippen LogP) is 0.518. The Morgan fingerprint density at radius 3 is 2.90 bits per heavy atom. The van der Waals surface area contributed by atoms with Gasteiger partial charge in [-0.2, -0.15) is 0 Å². The lowest BCUT2D eigenvalue weighted by molar-refractivity contribution is -0.00718. The highest BCUT2D eigenvalue weighted by atomic mass is 16.6. The van der Waals surface area contributed by atoms with Gasteiger partial charge in [0.2, 0.25) is 0 Å². The summed E-state index contributed by atoms with van der Waals surface area (Å²) in [6.07, 6.45) is -0.853. The molecule has 0 unspecified atom stereocenters. The number of aliphatic hydroxyl groups is 2. The summed E-state index contributed by atoms with van der Waals surface area (Å²) in [5.74, 6) is 0. The standard InChI is InChI=1S/C15H19NO5/c17-8-11(18)13-14-12(21-14)6-7-16(13)15(19)20-9-10-4-2-1-3-5-10/h1-5,11-14,17-18H,6-9H2/t11-,12-,13-,14-/m1/s1. The van der Waals surface area contributed by atoms with Crippen LogP contribution in [0.5, 0.6) is 0 Å². The number of carbonyl (C=O) groups excluding carboxylic acids is 1. The summed E-state index contributed by atoms with van der Waals surface area (Å²) in [6, 6.07) is 8.88. The number of likely N-dealkylation sites (tertiary alicyclic amines) is 1. The fraction of sp³-hybridized carbons (Fsp3) is 0.533. The zero-order chi connectivity index (χ0) is 14.8. The Morgan fingerprint density at radius 1 is 1.43 bits per heavy atom. The maximum absolute atomic E-state index is 12.2. The van der Waals surface area contributed by atoms with Crippen LogP contribution in [0.4, 0.5) is 4.79 Å². The zero-order valence-electron chi connectivity index (χ0n) is 11.6. The van der Waals surface area contributed by atoms with Gasteiger partial charge in [0, 0.05) is 6.54 Å². The van der Waals surface area contributed by atoms with Gasteiger partial charge in [-0.25, -0.2) is 4.79 Å². The number of hydrogen-bond acceptors (Lipinski definition) is 5. The lowest BCUT2D eigenvalue weighted by Gasteiger charge is -2.34. The van der Waals surface area contributed by atoms with Crippen molar-refractivity contribution in [3.05, 3.63) is 35.9 Å². The van der Waals surface area contributed by atoms with Crippen LogP contribution >= 0.6 is 0 Å². The molecule has 2 N–H and O–H groups in total. The number of hydrogen-bond donors (Lipinski definition) is 2. The van der Waals surface area contributed by atoms with Crippen molar-refractivity contribution in [1.82, 2.24) is 4.90 Å². The van der Waals surface area contributed by atoms with Gasteiger partial charge in [0.05, 0.1) is 18.8 Å². The van der Waals surface area contributed by atoms with E-state index in [1.807, 2.05) is 30.3 Å². The fourth-order valence-corrected chi connectivity index (χ4v) is 2.83. The molecule has 4 atom stereocenters. The Labute approximate surface area is 122 Å². The minimum atomic E-state index is -1.01. The van der Waals surface area contributed by atoms with Crippen molar-refractivity contribution >= 4 is 6.09 Å². The van der Waals surface area contributed by atoms with E-state index in [0.29, 0.717) is 6.54 Å². The molecule has 2 aliphatic rings. The summed E-state index contributed by atoms with van der Waals surface area (Å²) in [7, 11) is 0. The van der Waals surface area contributed by atoms with Gasteiger partial charge in [-0.3, -0.25) is 4.90 Å². The molecule has 0 aliphatic carbocycles. The molecule has 114 valence electrons. The fourth-order valence-electron chi connectivity index (χ4n) is 2.83. The van der Waals surface area contributed by atoms with Crippen LogP contribution in [0.15, 0.2) is 30.3 Å². The maximum Gasteiger partial charge on any atom is 0.410 e. The van der Waals surface area contributed by atoms with E-state index in [-0.39, 0.29) is 18.8 Å². The summed E-state index contributed by atoms with van der Waals surface area (Å²) in [5, 5.41) is 19.1. The average molecular weight is 293 g/mol. The first-order valence-electron chi connectivity index (χ1n) is 7.12. The Bertz CT molecular complexity index is 492. The molecule has 0 radical (unpaired) electrons. The van der Waals surface area contributed by atoms with Crippen molar-refractivity contribution in [1.29, 1.82) is 0 Å². The Balaban J connectivity index is 1.62. The predicted molar refractivity (Wildman–Crippen MR) is 73.5 cm³/mol. The van der Waals surface area contributed by atoms with Crippen molar-refractivity contribution in [2.75, 3.05) is 13.2 Å². The zero-order valence-corrected chi connectivity index (χ0v) is 11.6. The van der Waals surface area contributed by atoms with Crippen molar-refractivity contribution in [2.24, 2.45) is 0 Å². The van der Waals surface area contributed by atoms with Crippen LogP contribution in [-0.4, -0.2) is 58.7 Å². The molecule has 3 rings (SSSR count). The molecule has 1 aromatic carbocycles. The largest absolute Gasteiger partial charge is 0.445 e. The van der Waals surface area contributed by atoms with Gasteiger partial charge in [0.15, 0.2) is 0 Å². The third kappa shape index (κ3) is 3.02. The van der Waals surface area contributed by atoms with Gasteiger partial charge in [0.25, 0.3) is 0 Å². The highest BCUT2D eigenvalue weighted by Gasteiger charge is 2.54. The minimum Gasteiger partial charge on any atom is -0.445 e. The van der Waals surface area contributed by atoms with Crippen molar-refractivity contribution in [3.63, 3.8) is 0 Å². The lowest BCUT2D eigenvalue weighted by atomic mass is 9.98. The molecule has 2 aliphatic heterocycles. The van der Waals surface area contributed by atoms with Crippen LogP contribution < -0.4 is 0 Å². The van der Waals surface area contributed by atoms with Gasteiger partial charge in [-0.15, -0.1) is 0 Å². The molecular formula is C15H19NO5. The second kappa shape index (κ2) is 6.01. The summed E-state index contributed by atoms with van der Waals surface area (Å²) in [6.45, 7) is 0.253. The molecule has 0 spiro atoms. The SMILES string of the molecule is O=C(OCc1ccccc1)N1CC[C@H]2O[C@H]2[C@H]1[C@H](O)CO. The molecule has 6 nitrogen and oxygen atoms in total. The van der Waals surface area contributed by atoms with Crippen LogP contribution in [0, 0.1) is 0 Å². The van der Waals surface area contributed by atoms with E-state index >= 15 is 0 Å². The normalized spacial score (nSPS) is 28.7. The molecule has 6 heteroatoms. The molecule has 1 aromatic rings. The number of benzene rings is 1. The molecule has 21 heavy (non-hydrogen) atoms. The second-order valence-corrected chi connectivity index (χ2v) is 5.40. The number of rotatable bonds is 4. The number of fused-ring (bicyclic) bond motifs is 1. The van der Waals surface area contributed by atoms with Crippen molar-refractivity contribution in [3.8, 4) is 0 Å². The number of aliphatic hydroxyl groups excluding tert-OH is 2. The van der Waals surface area contributed by atoms with Gasteiger partial charge >= 0.3 is 6.09 Å². The third-order valence-electron chi connectivity index (χ3n) is 3.99. The number of carbonyl (C=O) groups is 1. The maximum atomic E-state index is 12.2. The molecule has 0 bridgehead atoms. The summed E-state index contributed by atoms with van der Waals surface area (Å²) < 4.78 is 10.7. The Hall–Kier alpha value is -1.63. The first-order valence-corrected chi connectivity index (χ1v) is 7.12. The van der Waals surface area contributed by atoms with Gasteiger partial charge in [-0.1, -0.05) is 30.3 Å². The third-order valence-corrected chi connectivity index (χ3v) is 3.99. The molecule has 1 amide bonds. The number of nitrogens with zero attached hydrogens (tertiary/aromatic N) is 1. The number of ether oxygens (including phenoxy) is 2. The molecule has 0 saturated carbocycles. The first kappa shape index (κ1) is 14.3. The second-order valence-electron chi connectivity index (χ2n) is 5.40. The molecule has 2 heterocycles. The van der Waals surface area contributed by atoms with Crippen LogP contribution in [-0.2, 0) is 16.1 Å². The lowest BCUT2D eigenvalue weighted by Crippen LogP contribution is -2.54. The van der Waals surface area contributed by atoms with Gasteiger partial charge in [-0.05, 0) is 12.0 Å². The molecule has 0 aromatic heterocycles. The van der Waals surface area contributed by atoms with Gasteiger partial charge < -0.3 is 19.7 Å². The van der Waals surface area contributed by atoms with Crippen LogP contribution in [0.25, 0.3) is 0 Å². The van der Waals surface area contributed by atoms with E-state index < -0.39 is 24.8 Å². The quantitative estimate of drug-likeness (QED) is 0.791. The van der Waals surface area contributed by atoms with Crippen LogP contribution in [0.3, 0.4) is 0 Å². The summed E-state index contributed by atoms with van der Waals surface area (Å²) in [4.78, 5) is 13.7. The average Bonchev–Trinajstić information content (AvgIpc) is 3.31. The van der Waals surface area contributed by atoms with Crippen molar-refractivity contribution < 1.29 is 24.5 Å². The summed E-state index contributed by atoms with van der Waals surface area (Å²) in [5.41, 5.74) is 0.905. The van der Waals surface area contributed by atoms with E-state index in [1.54, 1.807) is 0 Å². The van der Waals surface area contributed by atoms with E-state index in [9.17, 15) is 9.90 Å². The van der Waals surface area contributed by atoms with E-state index in [4.69, 9.17) is 14.6 Å². The van der Waals surface area contributed by atoms with E-state index in [1.165, 1.54) is 4.90 Å². The Kier molecular flexibility index (Phi) is 4.10. The number of epoxide rings is 1. The first-order chi connectivity index (χ1) is 10.2. The molecule has 2 fully saturated rings. The number of amides is 1. The van der Waals surface area contributed by atoms with E-state index in [2.05, 4.69) is 0 Å². The highest BCUT2D eigenvalue weighted by Crippen LogP contribution is 2.37. The molecule has 2 saturated heterocycles. The van der Waals surface area contributed by atoms with E-state index in [0.717, 1.165) is 12.0 Å². The van der Waals surface area contributed by atoms with Crippen LogP contribution in [0.1, 0.15) is 12.0 Å². The smallest absolute Gasteiger partial charge is 0.410 e. The summed E-state index contributed by atoms with van der Waals surface area (Å²) >= 11 is 0. The minimum absolute atomic E-state index is 0.0920. The van der Waals surface area contributed by atoms with Gasteiger partial charge in [0.1, 0.15) is 18.8 Å². The monoisotopic (exact) mass is 293 g/mol. The molecular weight excluding hydrogens is 274 g/mol. The topological polar surface area (TPSA) is 82.5 Å². The number of piperidine rings is 1. The Morgan fingerprint density at radius 2 is 2.19 bits per heavy atom. The van der Waals surface area contributed by atoms with Crippen molar-refractivity contribution in [2.45, 2.75) is 37.4 Å². The highest BCUT2D eigenvalue weighted by molar-refractivity contribution is 5.68.